The molecule has 0 aliphatic rings. The molecular weight excluding hydrogens is 406 g/mol. The Hall–Kier alpha value is -4.31. The number of nitrogens with zero attached hydrogens (tertiary/aromatic N) is 2. The normalized spacial score (nSPS) is 10.9. The van der Waals surface area contributed by atoms with Gasteiger partial charge in [-0.15, -0.1) is 0 Å². The van der Waals surface area contributed by atoms with Gasteiger partial charge < -0.3 is 19.4 Å². The lowest BCUT2D eigenvalue weighted by Gasteiger charge is -2.11. The predicted octanol–water partition coefficient (Wildman–Crippen LogP) is 4.44. The van der Waals surface area contributed by atoms with Crippen molar-refractivity contribution in [2.75, 3.05) is 19.5 Å². The Balaban J connectivity index is 1.91. The van der Waals surface area contributed by atoms with E-state index < -0.39 is 11.9 Å². The van der Waals surface area contributed by atoms with E-state index in [9.17, 15) is 14.9 Å². The second-order valence-electron chi connectivity index (χ2n) is 7.06. The van der Waals surface area contributed by atoms with E-state index in [0.717, 1.165) is 22.6 Å². The molecule has 7 nitrogen and oxygen atoms in total. The summed E-state index contributed by atoms with van der Waals surface area (Å²) in [6.07, 6.45) is 1.56. The average Bonchev–Trinajstić information content (AvgIpc) is 3.09. The summed E-state index contributed by atoms with van der Waals surface area (Å²) >= 11 is 0. The minimum Gasteiger partial charge on any atom is -0.497 e. The molecule has 1 amide bonds. The van der Waals surface area contributed by atoms with Gasteiger partial charge in [-0.2, -0.15) is 5.26 Å². The number of ether oxygens (including phenoxy) is 2. The Morgan fingerprint density at radius 3 is 2.41 bits per heavy atom. The van der Waals surface area contributed by atoms with Gasteiger partial charge in [0.2, 0.25) is 0 Å². The van der Waals surface area contributed by atoms with Crippen LogP contribution < -0.4 is 10.1 Å². The summed E-state index contributed by atoms with van der Waals surface area (Å²) in [5, 5.41) is 12.3. The van der Waals surface area contributed by atoms with Gasteiger partial charge in [0.25, 0.3) is 5.91 Å². The molecule has 3 rings (SSSR count). The summed E-state index contributed by atoms with van der Waals surface area (Å²) in [5.41, 5.74) is 4.20. The van der Waals surface area contributed by atoms with Gasteiger partial charge in [-0.05, 0) is 74.0 Å². The maximum Gasteiger partial charge on any atom is 0.337 e. The van der Waals surface area contributed by atoms with Crippen LogP contribution in [0.15, 0.2) is 60.2 Å². The molecule has 1 heterocycles. The number of nitriles is 1. The second kappa shape index (κ2) is 9.67. The SMILES string of the molecule is COC(=O)c1cccc(-n2c(C)cc(/C=C(/C#N)C(=O)Nc3ccc(OC)cc3)c2C)c1. The Morgan fingerprint density at radius 1 is 1.06 bits per heavy atom. The van der Waals surface area contributed by atoms with Crippen molar-refractivity contribution >= 4 is 23.6 Å². The largest absolute Gasteiger partial charge is 0.497 e. The van der Waals surface area contributed by atoms with Gasteiger partial charge in [-0.1, -0.05) is 6.07 Å². The maximum absolute atomic E-state index is 12.6. The predicted molar refractivity (Wildman–Crippen MR) is 122 cm³/mol. The average molecular weight is 429 g/mol. The maximum atomic E-state index is 12.6. The third-order valence-electron chi connectivity index (χ3n) is 5.01. The number of hydrogen-bond donors (Lipinski definition) is 1. The smallest absolute Gasteiger partial charge is 0.337 e. The number of rotatable bonds is 6. The zero-order valence-corrected chi connectivity index (χ0v) is 18.3. The summed E-state index contributed by atoms with van der Waals surface area (Å²) in [6.45, 7) is 3.80. The van der Waals surface area contributed by atoms with Gasteiger partial charge in [0.05, 0.1) is 19.8 Å². The van der Waals surface area contributed by atoms with Crippen molar-refractivity contribution in [1.29, 1.82) is 5.26 Å². The fraction of sp³-hybridized carbons (Fsp3) is 0.160. The molecule has 3 aromatic rings. The first-order valence-corrected chi connectivity index (χ1v) is 9.82. The van der Waals surface area contributed by atoms with Crippen molar-refractivity contribution in [3.05, 3.63) is 82.7 Å². The van der Waals surface area contributed by atoms with Crippen molar-refractivity contribution in [3.8, 4) is 17.5 Å². The topological polar surface area (TPSA) is 93.4 Å². The molecule has 0 unspecified atom stereocenters. The van der Waals surface area contributed by atoms with Gasteiger partial charge in [-0.3, -0.25) is 4.79 Å². The quantitative estimate of drug-likeness (QED) is 0.355. The number of hydrogen-bond acceptors (Lipinski definition) is 5. The van der Waals surface area contributed by atoms with E-state index >= 15 is 0 Å². The summed E-state index contributed by atoms with van der Waals surface area (Å²) in [7, 11) is 2.90. The third-order valence-corrected chi connectivity index (χ3v) is 5.01. The molecule has 0 radical (unpaired) electrons. The highest BCUT2D eigenvalue weighted by atomic mass is 16.5. The number of carbonyl (C=O) groups is 2. The number of aryl methyl sites for hydroxylation is 1. The van der Waals surface area contributed by atoms with Crippen molar-refractivity contribution in [2.24, 2.45) is 0 Å². The van der Waals surface area contributed by atoms with Gasteiger partial charge in [0, 0.05) is 22.8 Å². The van der Waals surface area contributed by atoms with Crippen molar-refractivity contribution in [2.45, 2.75) is 13.8 Å². The molecule has 0 aliphatic heterocycles. The lowest BCUT2D eigenvalue weighted by atomic mass is 10.1. The molecule has 2 aromatic carbocycles. The number of carbonyl (C=O) groups excluding carboxylic acids is 2. The summed E-state index contributed by atoms with van der Waals surface area (Å²) in [5.74, 6) is -0.255. The molecule has 0 atom stereocenters. The third kappa shape index (κ3) is 4.71. The highest BCUT2D eigenvalue weighted by molar-refractivity contribution is 6.09. The molecular formula is C25H23N3O4. The highest BCUT2D eigenvalue weighted by Gasteiger charge is 2.15. The van der Waals surface area contributed by atoms with Crippen LogP contribution in [0.4, 0.5) is 5.69 Å². The van der Waals surface area contributed by atoms with Crippen LogP contribution in [0.25, 0.3) is 11.8 Å². The Kier molecular flexibility index (Phi) is 6.76. The number of amides is 1. The number of nitrogens with one attached hydrogen (secondary N) is 1. The molecule has 0 saturated heterocycles. The Morgan fingerprint density at radius 2 is 1.78 bits per heavy atom. The minimum atomic E-state index is -0.504. The Bertz CT molecular complexity index is 1230. The lowest BCUT2D eigenvalue weighted by molar-refractivity contribution is -0.112. The molecule has 32 heavy (non-hydrogen) atoms. The first-order valence-electron chi connectivity index (χ1n) is 9.82. The molecule has 1 N–H and O–H groups in total. The fourth-order valence-electron chi connectivity index (χ4n) is 3.40. The van der Waals surface area contributed by atoms with Crippen LogP contribution >= 0.6 is 0 Å². The zero-order chi connectivity index (χ0) is 23.3. The van der Waals surface area contributed by atoms with Crippen LogP contribution in [0, 0.1) is 25.2 Å². The molecule has 0 aliphatic carbocycles. The van der Waals surface area contributed by atoms with Gasteiger partial charge in [0.15, 0.2) is 0 Å². The lowest BCUT2D eigenvalue weighted by Crippen LogP contribution is -2.13. The van der Waals surface area contributed by atoms with Crippen LogP contribution in [0.3, 0.4) is 0 Å². The van der Waals surface area contributed by atoms with Crippen molar-refractivity contribution in [3.63, 3.8) is 0 Å². The summed E-state index contributed by atoms with van der Waals surface area (Å²) in [6, 6.07) is 17.8. The minimum absolute atomic E-state index is 0.0237. The van der Waals surface area contributed by atoms with Crippen LogP contribution in [-0.2, 0) is 9.53 Å². The zero-order valence-electron chi connectivity index (χ0n) is 18.3. The van der Waals surface area contributed by atoms with E-state index in [1.807, 2.05) is 36.6 Å². The highest BCUT2D eigenvalue weighted by Crippen LogP contribution is 2.24. The van der Waals surface area contributed by atoms with Gasteiger partial charge in [-0.25, -0.2) is 4.79 Å². The van der Waals surface area contributed by atoms with Crippen LogP contribution in [0.5, 0.6) is 5.75 Å². The van der Waals surface area contributed by atoms with E-state index in [4.69, 9.17) is 9.47 Å². The van der Waals surface area contributed by atoms with Gasteiger partial charge in [0.1, 0.15) is 17.4 Å². The van der Waals surface area contributed by atoms with Crippen LogP contribution in [0.1, 0.15) is 27.3 Å². The fourth-order valence-corrected chi connectivity index (χ4v) is 3.40. The number of benzene rings is 2. The Labute approximate surface area is 186 Å². The first kappa shape index (κ1) is 22.4. The van der Waals surface area contributed by atoms with Crippen molar-refractivity contribution in [1.82, 2.24) is 4.57 Å². The molecule has 162 valence electrons. The van der Waals surface area contributed by atoms with Crippen LogP contribution in [0.2, 0.25) is 0 Å². The number of esters is 1. The summed E-state index contributed by atoms with van der Waals surface area (Å²) in [4.78, 5) is 24.5. The molecule has 0 saturated carbocycles. The standard InChI is InChI=1S/C25H23N3O4/c1-16-12-19(17(2)28(16)22-7-5-6-18(14-22)25(30)32-4)13-20(15-26)24(29)27-21-8-10-23(31-3)11-9-21/h5-14H,1-4H3,(H,27,29)/b20-13-. The van der Waals surface area contributed by atoms with E-state index in [1.165, 1.54) is 7.11 Å². The second-order valence-corrected chi connectivity index (χ2v) is 7.06. The van der Waals surface area contributed by atoms with Crippen LogP contribution in [-0.4, -0.2) is 30.7 Å². The molecule has 0 spiro atoms. The van der Waals surface area contributed by atoms with E-state index in [2.05, 4.69) is 5.32 Å². The van der Waals surface area contributed by atoms with E-state index in [1.54, 1.807) is 55.7 Å². The number of methoxy groups -OCH3 is 2. The molecule has 0 bridgehead atoms. The van der Waals surface area contributed by atoms with Crippen molar-refractivity contribution < 1.29 is 19.1 Å². The summed E-state index contributed by atoms with van der Waals surface area (Å²) < 4.78 is 11.9. The van der Waals surface area contributed by atoms with Gasteiger partial charge >= 0.3 is 5.97 Å². The first-order chi connectivity index (χ1) is 15.4. The van der Waals surface area contributed by atoms with E-state index in [0.29, 0.717) is 17.0 Å². The monoisotopic (exact) mass is 429 g/mol. The number of anilines is 1. The molecule has 1 aromatic heterocycles. The van der Waals surface area contributed by atoms with E-state index in [-0.39, 0.29) is 5.57 Å². The molecule has 7 heteroatoms. The molecule has 0 fully saturated rings. The number of aromatic nitrogens is 1.